The maximum absolute atomic E-state index is 12.3. The topological polar surface area (TPSA) is 87.2 Å². The molecule has 1 aromatic rings. The number of anilines is 1. The van der Waals surface area contributed by atoms with Crippen LogP contribution in [0.15, 0.2) is 6.07 Å². The molecule has 3 heterocycles. The lowest BCUT2D eigenvalue weighted by Crippen LogP contribution is -2.55. The number of rotatable bonds is 5. The summed E-state index contributed by atoms with van der Waals surface area (Å²) >= 11 is 0. The van der Waals surface area contributed by atoms with E-state index in [1.807, 2.05) is 13.8 Å². The van der Waals surface area contributed by atoms with Crippen LogP contribution in [0.25, 0.3) is 0 Å². The molecule has 136 valence electrons. The molecule has 3 amide bonds. The van der Waals surface area contributed by atoms with Crippen LogP contribution in [0.4, 0.5) is 10.6 Å². The molecule has 0 spiro atoms. The van der Waals surface area contributed by atoms with Crippen LogP contribution in [-0.2, 0) is 11.2 Å². The van der Waals surface area contributed by atoms with Crippen molar-refractivity contribution in [3.63, 3.8) is 0 Å². The predicted octanol–water partition coefficient (Wildman–Crippen LogP) is 1.94. The van der Waals surface area contributed by atoms with Crippen molar-refractivity contribution in [2.24, 2.45) is 5.92 Å². The minimum Gasteiger partial charge on any atom is -0.356 e. The number of urea groups is 1. The lowest BCUT2D eigenvalue weighted by molar-refractivity contribution is -0.126. The quantitative estimate of drug-likeness (QED) is 0.797. The van der Waals surface area contributed by atoms with E-state index in [4.69, 9.17) is 0 Å². The van der Waals surface area contributed by atoms with Gasteiger partial charge in [-0.15, -0.1) is 0 Å². The number of amides is 3. The van der Waals surface area contributed by atoms with Crippen LogP contribution in [0.2, 0.25) is 0 Å². The van der Waals surface area contributed by atoms with Crippen LogP contribution in [-0.4, -0.2) is 40.5 Å². The van der Waals surface area contributed by atoms with E-state index >= 15 is 0 Å². The Morgan fingerprint density at radius 1 is 1.24 bits per heavy atom. The summed E-state index contributed by atoms with van der Waals surface area (Å²) in [5.41, 5.74) is 0.331. The number of aromatic nitrogens is 2. The Kier molecular flexibility index (Phi) is 4.92. The van der Waals surface area contributed by atoms with Gasteiger partial charge in [0.25, 0.3) is 5.91 Å². The summed E-state index contributed by atoms with van der Waals surface area (Å²) in [6.07, 6.45) is 4.34. The SMILES string of the molecule is CCCc1cc(N2CCC(C3(CC)NC(=O)NC3=O)CC2)nc(C)n1. The van der Waals surface area contributed by atoms with Crippen molar-refractivity contribution >= 4 is 17.8 Å². The van der Waals surface area contributed by atoms with Gasteiger partial charge in [-0.1, -0.05) is 20.3 Å². The van der Waals surface area contributed by atoms with Crippen LogP contribution >= 0.6 is 0 Å². The summed E-state index contributed by atoms with van der Waals surface area (Å²) in [6, 6.07) is 1.71. The van der Waals surface area contributed by atoms with E-state index in [2.05, 4.69) is 38.5 Å². The first-order valence-corrected chi connectivity index (χ1v) is 9.21. The highest BCUT2D eigenvalue weighted by molar-refractivity contribution is 6.07. The first-order valence-electron chi connectivity index (χ1n) is 9.21. The summed E-state index contributed by atoms with van der Waals surface area (Å²) in [7, 11) is 0. The number of hydrogen-bond donors (Lipinski definition) is 2. The Bertz CT molecular complexity index is 669. The Morgan fingerprint density at radius 3 is 2.52 bits per heavy atom. The van der Waals surface area contributed by atoms with E-state index in [9.17, 15) is 9.59 Å². The van der Waals surface area contributed by atoms with Crippen molar-refractivity contribution in [2.75, 3.05) is 18.0 Å². The Balaban J connectivity index is 1.72. The molecular weight excluding hydrogens is 318 g/mol. The standard InChI is InChI=1S/C18H27N5O2/c1-4-6-14-11-15(20-12(3)19-14)23-9-7-13(8-10-23)18(5-2)16(24)21-17(25)22-18/h11,13H,4-10H2,1-3H3,(H2,21,22,24,25). The number of carbonyl (C=O) groups is 2. The van der Waals surface area contributed by atoms with E-state index in [0.717, 1.165) is 56.1 Å². The number of nitrogens with zero attached hydrogens (tertiary/aromatic N) is 3. The molecule has 1 aromatic heterocycles. The smallest absolute Gasteiger partial charge is 0.322 e. The maximum Gasteiger partial charge on any atom is 0.322 e. The van der Waals surface area contributed by atoms with Gasteiger partial charge in [0, 0.05) is 24.8 Å². The second-order valence-corrected chi connectivity index (χ2v) is 7.01. The maximum atomic E-state index is 12.3. The number of imide groups is 1. The number of aryl methyl sites for hydroxylation is 2. The molecular formula is C18H27N5O2. The van der Waals surface area contributed by atoms with Crippen molar-refractivity contribution in [1.29, 1.82) is 0 Å². The van der Waals surface area contributed by atoms with Crippen molar-refractivity contribution in [1.82, 2.24) is 20.6 Å². The molecule has 2 aliphatic heterocycles. The molecule has 7 heteroatoms. The van der Waals surface area contributed by atoms with Crippen molar-refractivity contribution in [2.45, 2.75) is 58.4 Å². The van der Waals surface area contributed by atoms with Gasteiger partial charge in [-0.3, -0.25) is 10.1 Å². The van der Waals surface area contributed by atoms with Crippen LogP contribution in [0.3, 0.4) is 0 Å². The molecule has 1 unspecified atom stereocenters. The zero-order valence-corrected chi connectivity index (χ0v) is 15.3. The monoisotopic (exact) mass is 345 g/mol. The average Bonchev–Trinajstić information content (AvgIpc) is 2.89. The molecule has 0 saturated carbocycles. The number of nitrogens with one attached hydrogen (secondary N) is 2. The largest absolute Gasteiger partial charge is 0.356 e. The van der Waals surface area contributed by atoms with Gasteiger partial charge in [0.1, 0.15) is 17.2 Å². The van der Waals surface area contributed by atoms with Gasteiger partial charge in [0.05, 0.1) is 0 Å². The predicted molar refractivity (Wildman–Crippen MR) is 95.4 cm³/mol. The fraction of sp³-hybridized carbons (Fsp3) is 0.667. The molecule has 25 heavy (non-hydrogen) atoms. The summed E-state index contributed by atoms with van der Waals surface area (Å²) < 4.78 is 0. The van der Waals surface area contributed by atoms with Gasteiger partial charge < -0.3 is 10.2 Å². The molecule has 0 aromatic carbocycles. The van der Waals surface area contributed by atoms with Crippen LogP contribution in [0.1, 0.15) is 51.0 Å². The third kappa shape index (κ3) is 3.32. The van der Waals surface area contributed by atoms with Gasteiger partial charge in [-0.05, 0) is 38.5 Å². The zero-order valence-electron chi connectivity index (χ0n) is 15.3. The van der Waals surface area contributed by atoms with E-state index < -0.39 is 5.54 Å². The van der Waals surface area contributed by atoms with E-state index in [0.29, 0.717) is 6.42 Å². The lowest BCUT2D eigenvalue weighted by atomic mass is 9.76. The fourth-order valence-corrected chi connectivity index (χ4v) is 4.09. The molecule has 7 nitrogen and oxygen atoms in total. The Morgan fingerprint density at radius 2 is 1.96 bits per heavy atom. The number of hydrogen-bond acceptors (Lipinski definition) is 5. The summed E-state index contributed by atoms with van der Waals surface area (Å²) in [5.74, 6) is 1.75. The van der Waals surface area contributed by atoms with E-state index in [1.54, 1.807) is 0 Å². The van der Waals surface area contributed by atoms with Crippen LogP contribution in [0.5, 0.6) is 0 Å². The third-order valence-corrected chi connectivity index (χ3v) is 5.43. The fourth-order valence-electron chi connectivity index (χ4n) is 4.09. The highest BCUT2D eigenvalue weighted by Crippen LogP contribution is 2.34. The second-order valence-electron chi connectivity index (χ2n) is 7.01. The Labute approximate surface area is 148 Å². The molecule has 2 aliphatic rings. The molecule has 0 aliphatic carbocycles. The van der Waals surface area contributed by atoms with E-state index in [-0.39, 0.29) is 17.9 Å². The summed E-state index contributed by atoms with van der Waals surface area (Å²) in [6.45, 7) is 7.70. The molecule has 3 rings (SSSR count). The van der Waals surface area contributed by atoms with Crippen LogP contribution in [0, 0.1) is 12.8 Å². The molecule has 1 atom stereocenters. The molecule has 0 radical (unpaired) electrons. The van der Waals surface area contributed by atoms with Crippen molar-refractivity contribution in [3.05, 3.63) is 17.6 Å². The summed E-state index contributed by atoms with van der Waals surface area (Å²) in [4.78, 5) is 35.3. The molecule has 2 N–H and O–H groups in total. The highest BCUT2D eigenvalue weighted by atomic mass is 16.2. The normalized spacial score (nSPS) is 24.4. The van der Waals surface area contributed by atoms with Crippen LogP contribution < -0.4 is 15.5 Å². The lowest BCUT2D eigenvalue weighted by Gasteiger charge is -2.40. The van der Waals surface area contributed by atoms with Gasteiger partial charge in [0.2, 0.25) is 0 Å². The van der Waals surface area contributed by atoms with Gasteiger partial charge >= 0.3 is 6.03 Å². The molecule has 2 fully saturated rings. The van der Waals surface area contributed by atoms with E-state index in [1.165, 1.54) is 0 Å². The van der Waals surface area contributed by atoms with Gasteiger partial charge in [-0.2, -0.15) is 0 Å². The van der Waals surface area contributed by atoms with Gasteiger partial charge in [-0.25, -0.2) is 14.8 Å². The molecule has 2 saturated heterocycles. The van der Waals surface area contributed by atoms with Crippen molar-refractivity contribution < 1.29 is 9.59 Å². The van der Waals surface area contributed by atoms with Gasteiger partial charge in [0.15, 0.2) is 0 Å². The minimum absolute atomic E-state index is 0.151. The first kappa shape index (κ1) is 17.6. The number of piperidine rings is 1. The van der Waals surface area contributed by atoms with Crippen molar-refractivity contribution in [3.8, 4) is 0 Å². The third-order valence-electron chi connectivity index (χ3n) is 5.43. The number of carbonyl (C=O) groups excluding carboxylic acids is 2. The Hall–Kier alpha value is -2.18. The molecule has 0 bridgehead atoms. The second kappa shape index (κ2) is 6.98. The first-order chi connectivity index (χ1) is 12.0. The highest BCUT2D eigenvalue weighted by Gasteiger charge is 2.50. The summed E-state index contributed by atoms with van der Waals surface area (Å²) in [5, 5.41) is 5.29. The average molecular weight is 345 g/mol. The zero-order chi connectivity index (χ0) is 18.0. The minimum atomic E-state index is -0.752.